The fourth-order valence-corrected chi connectivity index (χ4v) is 6.37. The molecule has 43 heavy (non-hydrogen) atoms. The first-order chi connectivity index (χ1) is 20.7. The zero-order chi connectivity index (χ0) is 30.4. The highest BCUT2D eigenvalue weighted by Gasteiger charge is 2.31. The van der Waals surface area contributed by atoms with E-state index in [9.17, 15) is 14.3 Å². The number of amides is 1. The number of aryl methyl sites for hydroxylation is 1. The Morgan fingerprint density at radius 3 is 2.79 bits per heavy atom. The average Bonchev–Trinajstić information content (AvgIpc) is 3.63. The fraction of sp³-hybridized carbons (Fsp3) is 0.258. The Kier molecular flexibility index (Phi) is 7.49. The monoisotopic (exact) mass is 602 g/mol. The van der Waals surface area contributed by atoms with Gasteiger partial charge in [-0.15, -0.1) is 11.3 Å². The Balaban J connectivity index is 1.65. The molecule has 0 aliphatic carbocycles. The van der Waals surface area contributed by atoms with Gasteiger partial charge in [0.15, 0.2) is 0 Å². The number of carbonyl (C=O) groups excluding carboxylic acids is 1. The Labute approximate surface area is 250 Å². The van der Waals surface area contributed by atoms with Crippen molar-refractivity contribution >= 4 is 27.3 Å². The second-order valence-electron chi connectivity index (χ2n) is 10.4. The number of thiophene rings is 1. The second-order valence-corrected chi connectivity index (χ2v) is 11.4. The van der Waals surface area contributed by atoms with E-state index in [1.165, 1.54) is 24.3 Å². The van der Waals surface area contributed by atoms with Crippen LogP contribution in [-0.2, 0) is 11.3 Å². The van der Waals surface area contributed by atoms with E-state index in [2.05, 4.69) is 16.8 Å². The number of aliphatic hydroxyl groups is 1. The summed E-state index contributed by atoms with van der Waals surface area (Å²) in [5.74, 6) is -1.90. The molecule has 0 bridgehead atoms. The first-order valence-corrected chi connectivity index (χ1v) is 14.6. The molecule has 1 aromatic carbocycles. The van der Waals surface area contributed by atoms with Gasteiger partial charge in [0.2, 0.25) is 5.91 Å². The molecule has 1 N–H and O–H groups in total. The summed E-state index contributed by atoms with van der Waals surface area (Å²) in [6, 6.07) is 7.21. The van der Waals surface area contributed by atoms with Crippen LogP contribution < -0.4 is 4.74 Å². The van der Waals surface area contributed by atoms with Gasteiger partial charge in [0.05, 0.1) is 47.5 Å². The number of hydrogen-bond acceptors (Lipinski definition) is 8. The van der Waals surface area contributed by atoms with E-state index in [-0.39, 0.29) is 29.9 Å². The molecule has 0 spiro atoms. The molecular weight excluding hydrogens is 574 g/mol. The van der Waals surface area contributed by atoms with Crippen molar-refractivity contribution in [3.8, 4) is 39.5 Å². The highest BCUT2D eigenvalue weighted by atomic mass is 32.1. The van der Waals surface area contributed by atoms with E-state index in [1.54, 1.807) is 11.1 Å². The molecule has 0 radical (unpaired) electrons. The van der Waals surface area contributed by atoms with Crippen molar-refractivity contribution in [3.05, 3.63) is 77.6 Å². The van der Waals surface area contributed by atoms with Gasteiger partial charge >= 0.3 is 0 Å². The lowest BCUT2D eigenvalue weighted by atomic mass is 9.96. The number of halogens is 2. The normalized spacial score (nSPS) is 15.4. The Morgan fingerprint density at radius 1 is 1.23 bits per heavy atom. The minimum absolute atomic E-state index is 0.00932. The van der Waals surface area contributed by atoms with Crippen molar-refractivity contribution in [2.24, 2.45) is 0 Å². The number of benzene rings is 1. The first kappa shape index (κ1) is 28.6. The van der Waals surface area contributed by atoms with Crippen LogP contribution in [0, 0.1) is 18.6 Å². The largest absolute Gasteiger partial charge is 0.490 e. The van der Waals surface area contributed by atoms with Gasteiger partial charge in [-0.05, 0) is 50.4 Å². The van der Waals surface area contributed by atoms with Crippen molar-refractivity contribution in [1.82, 2.24) is 29.9 Å². The van der Waals surface area contributed by atoms with Crippen molar-refractivity contribution in [2.75, 3.05) is 13.2 Å². The standard InChI is InChI=1S/C31H28F2N6O3S/c1-5-26(41)38-7-8-39-24(18(38)4)13-23(37-39)30-28(27-22(33)11-20(32)12-25(27)42-15-17(3)40)31-21(6-9-43-31)29(35-30)19-10-16(2)36-34-14-19/h5-6,9-14,17-18,40H,1,7-8,15H2,2-4H3. The average molecular weight is 603 g/mol. The summed E-state index contributed by atoms with van der Waals surface area (Å²) in [4.78, 5) is 19.3. The van der Waals surface area contributed by atoms with Crippen LogP contribution in [0.5, 0.6) is 5.75 Å². The van der Waals surface area contributed by atoms with E-state index in [0.717, 1.165) is 23.2 Å². The third-order valence-corrected chi connectivity index (χ3v) is 8.30. The summed E-state index contributed by atoms with van der Waals surface area (Å²) >= 11 is 1.38. The number of rotatable bonds is 7. The van der Waals surface area contributed by atoms with Crippen LogP contribution in [0.15, 0.2) is 54.6 Å². The molecule has 1 aliphatic rings. The SMILES string of the molecule is C=CC(=O)N1CCn2nc(-c3nc(-c4cnnc(C)c4)c4ccsc4c3-c3c(F)cc(F)cc3OCC(C)O)cc2C1C. The molecule has 6 rings (SSSR count). The van der Waals surface area contributed by atoms with E-state index in [0.29, 0.717) is 51.7 Å². The van der Waals surface area contributed by atoms with Gasteiger partial charge in [0, 0.05) is 39.9 Å². The quantitative estimate of drug-likeness (QED) is 0.238. The summed E-state index contributed by atoms with van der Waals surface area (Å²) in [5, 5.41) is 25.5. The molecule has 0 saturated heterocycles. The molecule has 5 heterocycles. The first-order valence-electron chi connectivity index (χ1n) is 13.7. The molecule has 0 saturated carbocycles. The lowest BCUT2D eigenvalue weighted by molar-refractivity contribution is -0.129. The fourth-order valence-electron chi connectivity index (χ4n) is 5.42. The molecule has 2 unspecified atom stereocenters. The maximum Gasteiger partial charge on any atom is 0.246 e. The Hall–Kier alpha value is -4.55. The number of ether oxygens (including phenoxy) is 1. The third-order valence-electron chi connectivity index (χ3n) is 7.37. The Morgan fingerprint density at radius 2 is 2.05 bits per heavy atom. The number of aliphatic hydroxyl groups excluding tert-OH is 1. The van der Waals surface area contributed by atoms with Crippen molar-refractivity contribution in [1.29, 1.82) is 0 Å². The predicted octanol–water partition coefficient (Wildman–Crippen LogP) is 5.72. The minimum atomic E-state index is -0.870. The number of aromatic nitrogens is 5. The van der Waals surface area contributed by atoms with Crippen molar-refractivity contribution in [3.63, 3.8) is 0 Å². The topological polar surface area (TPSA) is 106 Å². The Bertz CT molecular complexity index is 1890. The zero-order valence-corrected chi connectivity index (χ0v) is 24.5. The third kappa shape index (κ3) is 5.17. The molecule has 220 valence electrons. The lowest BCUT2D eigenvalue weighted by Crippen LogP contribution is -2.40. The number of pyridine rings is 1. The van der Waals surface area contributed by atoms with E-state index in [4.69, 9.17) is 14.8 Å². The van der Waals surface area contributed by atoms with Gasteiger partial charge in [-0.25, -0.2) is 13.8 Å². The van der Waals surface area contributed by atoms with Crippen LogP contribution in [0.2, 0.25) is 0 Å². The predicted molar refractivity (Wildman–Crippen MR) is 159 cm³/mol. The number of hydrogen-bond donors (Lipinski definition) is 1. The molecule has 5 aromatic rings. The van der Waals surface area contributed by atoms with Crippen LogP contribution >= 0.6 is 11.3 Å². The van der Waals surface area contributed by atoms with Crippen molar-refractivity contribution in [2.45, 2.75) is 39.5 Å². The molecule has 2 atom stereocenters. The van der Waals surface area contributed by atoms with Gasteiger partial charge in [-0.1, -0.05) is 6.58 Å². The molecule has 12 heteroatoms. The molecule has 4 aromatic heterocycles. The summed E-state index contributed by atoms with van der Waals surface area (Å²) in [5.41, 5.74) is 3.99. The molecule has 9 nitrogen and oxygen atoms in total. The summed E-state index contributed by atoms with van der Waals surface area (Å²) in [6.07, 6.45) is 2.03. The smallest absolute Gasteiger partial charge is 0.246 e. The van der Waals surface area contributed by atoms with E-state index < -0.39 is 17.7 Å². The lowest BCUT2D eigenvalue weighted by Gasteiger charge is -2.33. The van der Waals surface area contributed by atoms with Gasteiger partial charge in [0.1, 0.15) is 35.4 Å². The van der Waals surface area contributed by atoms with Crippen molar-refractivity contribution < 1.29 is 23.4 Å². The van der Waals surface area contributed by atoms with Gasteiger partial charge in [0.25, 0.3) is 0 Å². The molecule has 1 aliphatic heterocycles. The van der Waals surface area contributed by atoms with Crippen LogP contribution in [0.3, 0.4) is 0 Å². The summed E-state index contributed by atoms with van der Waals surface area (Å²) in [6.45, 7) is 9.61. The summed E-state index contributed by atoms with van der Waals surface area (Å²) < 4.78 is 38.7. The minimum Gasteiger partial charge on any atom is -0.490 e. The molecule has 1 amide bonds. The van der Waals surface area contributed by atoms with Crippen LogP contribution in [-0.4, -0.2) is 60.1 Å². The summed E-state index contributed by atoms with van der Waals surface area (Å²) in [7, 11) is 0. The number of carbonyl (C=O) groups is 1. The van der Waals surface area contributed by atoms with Gasteiger partial charge in [-0.3, -0.25) is 9.48 Å². The molecule has 0 fully saturated rings. The zero-order valence-electron chi connectivity index (χ0n) is 23.7. The van der Waals surface area contributed by atoms with Gasteiger partial charge in [-0.2, -0.15) is 15.3 Å². The van der Waals surface area contributed by atoms with Gasteiger partial charge < -0.3 is 14.7 Å². The van der Waals surface area contributed by atoms with Crippen LogP contribution in [0.1, 0.15) is 31.3 Å². The van der Waals surface area contributed by atoms with E-state index in [1.807, 2.05) is 42.1 Å². The van der Waals surface area contributed by atoms with E-state index >= 15 is 4.39 Å². The van der Waals surface area contributed by atoms with Crippen LogP contribution in [0.4, 0.5) is 8.78 Å². The van der Waals surface area contributed by atoms with Crippen LogP contribution in [0.25, 0.3) is 43.9 Å². The second kappa shape index (κ2) is 11.3. The molecular formula is C31H28F2N6O3S. The maximum atomic E-state index is 15.9. The highest BCUT2D eigenvalue weighted by Crippen LogP contribution is 2.47. The maximum absolute atomic E-state index is 15.9. The number of nitrogens with zero attached hydrogens (tertiary/aromatic N) is 6. The number of fused-ring (bicyclic) bond motifs is 2. The highest BCUT2D eigenvalue weighted by molar-refractivity contribution is 7.18.